The molecule has 0 saturated heterocycles. The Morgan fingerprint density at radius 2 is 1.81 bits per heavy atom. The molecule has 0 saturated carbocycles. The zero-order chi connectivity index (χ0) is 27.1. The monoisotopic (exact) mass is 524 g/mol. The molecule has 0 amide bonds. The molecule has 0 aliphatic heterocycles. The molecule has 0 radical (unpaired) electrons. The van der Waals surface area contributed by atoms with Crippen LogP contribution in [0.25, 0.3) is 11.1 Å². The summed E-state index contributed by atoms with van der Waals surface area (Å²) < 4.78 is 17.1. The lowest BCUT2D eigenvalue weighted by atomic mass is 9.95. The third kappa shape index (κ3) is 6.17. The van der Waals surface area contributed by atoms with Crippen LogP contribution in [0.15, 0.2) is 58.5 Å². The van der Waals surface area contributed by atoms with E-state index < -0.39 is 5.56 Å². The van der Waals surface area contributed by atoms with Crippen LogP contribution in [0, 0.1) is 6.92 Å². The maximum atomic E-state index is 13.3. The number of ether oxygens (including phenoxy) is 3. The average molecular weight is 525 g/mol. The molecule has 3 aromatic rings. The number of pyridine rings is 1. The van der Waals surface area contributed by atoms with Crippen molar-refractivity contribution >= 4 is 17.5 Å². The van der Waals surface area contributed by atoms with Crippen LogP contribution in [-0.2, 0) is 17.6 Å². The molecule has 0 aliphatic rings. The smallest absolute Gasteiger partial charge is 0.264 e. The molecule has 0 aliphatic carbocycles. The number of methoxy groups -OCH3 is 2. The van der Waals surface area contributed by atoms with E-state index in [1.54, 1.807) is 38.5 Å². The van der Waals surface area contributed by atoms with E-state index >= 15 is 0 Å². The van der Waals surface area contributed by atoms with Gasteiger partial charge in [-0.1, -0.05) is 43.7 Å². The molecular weight excluding hydrogens is 492 g/mol. The number of nitrogens with one attached hydrogen (secondary N) is 1. The zero-order valence-electron chi connectivity index (χ0n) is 21.9. The topological polar surface area (TPSA) is 93.1 Å². The Labute approximate surface area is 222 Å². The molecule has 0 spiro atoms. The molecule has 3 rings (SSSR count). The van der Waals surface area contributed by atoms with E-state index in [0.29, 0.717) is 51.9 Å². The minimum atomic E-state index is -0.516. The third-order valence-electron chi connectivity index (χ3n) is 6.08. The van der Waals surface area contributed by atoms with Crippen LogP contribution in [0.1, 0.15) is 42.1 Å². The van der Waals surface area contributed by atoms with Crippen LogP contribution in [0.3, 0.4) is 0 Å². The highest BCUT2D eigenvalue weighted by Crippen LogP contribution is 2.44. The Morgan fingerprint density at radius 1 is 1.14 bits per heavy atom. The first-order valence-corrected chi connectivity index (χ1v) is 12.4. The fourth-order valence-corrected chi connectivity index (χ4v) is 4.42. The van der Waals surface area contributed by atoms with Crippen molar-refractivity contribution in [3.05, 3.63) is 86.5 Å². The van der Waals surface area contributed by atoms with E-state index in [4.69, 9.17) is 25.8 Å². The van der Waals surface area contributed by atoms with Gasteiger partial charge in [0.25, 0.3) is 5.56 Å². The number of halogens is 1. The van der Waals surface area contributed by atoms with Gasteiger partial charge in [-0.15, -0.1) is 0 Å². The normalized spacial score (nSPS) is 11.4. The average Bonchev–Trinajstić information content (AvgIpc) is 2.88. The van der Waals surface area contributed by atoms with Crippen molar-refractivity contribution in [2.75, 3.05) is 21.3 Å². The number of hydrogen-bond donors (Lipinski definition) is 2. The molecular formula is C29H33ClN2O5. The van der Waals surface area contributed by atoms with Crippen molar-refractivity contribution in [2.45, 2.75) is 39.5 Å². The number of hydrogen-bond acceptors (Lipinski definition) is 6. The number of nitrogens with zero attached hydrogens (tertiary/aromatic N) is 1. The van der Waals surface area contributed by atoms with Crippen molar-refractivity contribution in [2.24, 2.45) is 4.99 Å². The van der Waals surface area contributed by atoms with E-state index in [2.05, 4.69) is 23.5 Å². The fraction of sp³-hybridized carbons (Fsp3) is 0.310. The molecule has 37 heavy (non-hydrogen) atoms. The second-order valence-corrected chi connectivity index (χ2v) is 9.03. The second kappa shape index (κ2) is 12.5. The summed E-state index contributed by atoms with van der Waals surface area (Å²) in [6.45, 7) is 8.01. The lowest BCUT2D eigenvalue weighted by Crippen LogP contribution is -2.23. The van der Waals surface area contributed by atoms with E-state index in [1.807, 2.05) is 19.1 Å². The van der Waals surface area contributed by atoms with Gasteiger partial charge in [0.2, 0.25) is 5.90 Å². The summed E-state index contributed by atoms with van der Waals surface area (Å²) in [5, 5.41) is 12.2. The number of unbranched alkanes of at least 4 members (excludes halogenated alkanes) is 1. The summed E-state index contributed by atoms with van der Waals surface area (Å²) >= 11 is 6.07. The largest absolute Gasteiger partial charge is 0.506 e. The van der Waals surface area contributed by atoms with E-state index in [9.17, 15) is 9.90 Å². The number of aromatic nitrogens is 1. The molecule has 0 unspecified atom stereocenters. The van der Waals surface area contributed by atoms with Crippen LogP contribution in [-0.4, -0.2) is 37.3 Å². The predicted octanol–water partition coefficient (Wildman–Crippen LogP) is 6.22. The summed E-state index contributed by atoms with van der Waals surface area (Å²) in [7, 11) is 4.57. The van der Waals surface area contributed by atoms with Gasteiger partial charge in [0, 0.05) is 24.2 Å². The van der Waals surface area contributed by atoms with Gasteiger partial charge in [-0.05, 0) is 55.2 Å². The highest BCUT2D eigenvalue weighted by molar-refractivity contribution is 6.30. The molecule has 7 nitrogen and oxygen atoms in total. The Hall–Kier alpha value is -3.71. The summed E-state index contributed by atoms with van der Waals surface area (Å²) in [5.41, 5.74) is 2.84. The van der Waals surface area contributed by atoms with Gasteiger partial charge in [-0.3, -0.25) is 9.79 Å². The van der Waals surface area contributed by atoms with Crippen molar-refractivity contribution in [3.8, 4) is 28.4 Å². The first kappa shape index (κ1) is 27.9. The first-order valence-electron chi connectivity index (χ1n) is 12.0. The van der Waals surface area contributed by atoms with Crippen LogP contribution < -0.4 is 15.0 Å². The first-order chi connectivity index (χ1) is 17.7. The SMILES string of the molecule is C=C(Cc1ccc(Cl)cc1C)OC(=NC)c1c(O)c(-c2c(OC)cccc2OC)c(CCCC)[nH]c1=O. The zero-order valence-corrected chi connectivity index (χ0v) is 22.7. The summed E-state index contributed by atoms with van der Waals surface area (Å²) in [6, 6.07) is 10.9. The number of aromatic amines is 1. The number of rotatable bonds is 10. The predicted molar refractivity (Wildman–Crippen MR) is 148 cm³/mol. The summed E-state index contributed by atoms with van der Waals surface area (Å²) in [6.07, 6.45) is 2.63. The number of benzene rings is 2. The highest BCUT2D eigenvalue weighted by Gasteiger charge is 2.27. The summed E-state index contributed by atoms with van der Waals surface area (Å²) in [4.78, 5) is 20.4. The minimum Gasteiger partial charge on any atom is -0.506 e. The maximum absolute atomic E-state index is 13.3. The van der Waals surface area contributed by atoms with Crippen LogP contribution in [0.4, 0.5) is 0 Å². The van der Waals surface area contributed by atoms with Crippen LogP contribution >= 0.6 is 11.6 Å². The van der Waals surface area contributed by atoms with Crippen LogP contribution in [0.2, 0.25) is 5.02 Å². The molecule has 1 heterocycles. The molecule has 0 fully saturated rings. The number of allylic oxidation sites excluding steroid dienone is 1. The molecule has 8 heteroatoms. The van der Waals surface area contributed by atoms with Crippen molar-refractivity contribution in [3.63, 3.8) is 0 Å². The maximum Gasteiger partial charge on any atom is 0.264 e. The van der Waals surface area contributed by atoms with Crippen LogP contribution in [0.5, 0.6) is 17.2 Å². The molecule has 2 N–H and O–H groups in total. The highest BCUT2D eigenvalue weighted by atomic mass is 35.5. The fourth-order valence-electron chi connectivity index (χ4n) is 4.20. The molecule has 196 valence electrons. The van der Waals surface area contributed by atoms with Gasteiger partial charge in [0.1, 0.15) is 28.6 Å². The van der Waals surface area contributed by atoms with Gasteiger partial charge in [0.15, 0.2) is 0 Å². The molecule has 1 aromatic heterocycles. The molecule has 0 bridgehead atoms. The standard InChI is InChI=1S/C29H33ClN2O5/c1-7-8-10-21-24(25-22(35-5)11-9-12-23(25)36-6)27(33)26(28(34)32-21)29(31-4)37-18(3)16-19-13-14-20(30)15-17(19)2/h9,11-15H,3,7-8,10,16H2,1-2,4-6H3,(H2,32,33,34). The Balaban J connectivity index is 2.12. The number of aryl methyl sites for hydroxylation is 2. The van der Waals surface area contributed by atoms with Gasteiger partial charge in [-0.2, -0.15) is 0 Å². The Kier molecular flexibility index (Phi) is 9.42. The van der Waals surface area contributed by atoms with E-state index in [0.717, 1.165) is 24.0 Å². The Morgan fingerprint density at radius 3 is 2.38 bits per heavy atom. The minimum absolute atomic E-state index is 0.0486. The lowest BCUT2D eigenvalue weighted by molar-refractivity contribution is 0.394. The quantitative estimate of drug-likeness (QED) is 0.186. The van der Waals surface area contributed by atoms with E-state index in [-0.39, 0.29) is 17.2 Å². The van der Waals surface area contributed by atoms with Gasteiger partial charge >= 0.3 is 0 Å². The number of aromatic hydroxyl groups is 1. The molecule has 2 aromatic carbocycles. The number of aliphatic imine (C=N–C) groups is 1. The number of H-pyrrole nitrogens is 1. The van der Waals surface area contributed by atoms with Crippen molar-refractivity contribution < 1.29 is 19.3 Å². The molecule has 0 atom stereocenters. The van der Waals surface area contributed by atoms with Crippen molar-refractivity contribution in [1.29, 1.82) is 0 Å². The second-order valence-electron chi connectivity index (χ2n) is 8.59. The Bertz CT molecular complexity index is 1360. The van der Waals surface area contributed by atoms with Crippen molar-refractivity contribution in [1.82, 2.24) is 4.98 Å². The van der Waals surface area contributed by atoms with Gasteiger partial charge in [0.05, 0.1) is 25.3 Å². The van der Waals surface area contributed by atoms with Gasteiger partial charge in [-0.25, -0.2) is 0 Å². The lowest BCUT2D eigenvalue weighted by Gasteiger charge is -2.20. The van der Waals surface area contributed by atoms with Gasteiger partial charge < -0.3 is 24.3 Å². The third-order valence-corrected chi connectivity index (χ3v) is 6.31. The summed E-state index contributed by atoms with van der Waals surface area (Å²) in [5.74, 6) is 1.02. The van der Waals surface area contributed by atoms with E-state index in [1.165, 1.54) is 7.05 Å².